The third kappa shape index (κ3) is 2.90. The number of hydrogen-bond acceptors (Lipinski definition) is 2. The van der Waals surface area contributed by atoms with E-state index in [0.29, 0.717) is 19.3 Å². The number of halogens is 4. The summed E-state index contributed by atoms with van der Waals surface area (Å²) in [4.78, 5) is 13.1. The van der Waals surface area contributed by atoms with E-state index in [1.165, 1.54) is 0 Å². The van der Waals surface area contributed by atoms with Gasteiger partial charge in [0.25, 0.3) is 0 Å². The summed E-state index contributed by atoms with van der Waals surface area (Å²) in [6.07, 6.45) is -2.77. The van der Waals surface area contributed by atoms with Crippen LogP contribution in [-0.4, -0.2) is 42.2 Å². The van der Waals surface area contributed by atoms with Gasteiger partial charge in [0.15, 0.2) is 0 Å². The molecule has 1 saturated heterocycles. The maximum absolute atomic E-state index is 13.0. The van der Waals surface area contributed by atoms with E-state index in [-0.39, 0.29) is 35.8 Å². The average molecular weight is 361 g/mol. The molecule has 1 spiro atoms. The molecule has 2 saturated carbocycles. The third-order valence-corrected chi connectivity index (χ3v) is 5.55. The van der Waals surface area contributed by atoms with Gasteiger partial charge in [-0.3, -0.25) is 4.79 Å². The van der Waals surface area contributed by atoms with Crippen LogP contribution in [0.25, 0.3) is 0 Å². The Morgan fingerprint density at radius 1 is 1.17 bits per heavy atom. The standard InChI is InChI=1S/C17H19F3N2O.ClH/c18-17(19,20)15(23)22(12-7-16(8-12)9-21-10-16)14-6-13(14)11-4-2-1-3-5-11;/h1-5,12-14,21H,6-10H2;1H. The summed E-state index contributed by atoms with van der Waals surface area (Å²) in [6, 6.07) is 8.96. The minimum atomic E-state index is -4.79. The second-order valence-electron chi connectivity index (χ2n) is 7.20. The van der Waals surface area contributed by atoms with Crippen molar-refractivity contribution in [3.8, 4) is 0 Å². The van der Waals surface area contributed by atoms with Crippen LogP contribution in [-0.2, 0) is 4.79 Å². The molecule has 7 heteroatoms. The number of carbonyl (C=O) groups excluding carboxylic acids is 1. The first-order valence-electron chi connectivity index (χ1n) is 8.05. The number of amides is 1. The Morgan fingerprint density at radius 3 is 2.29 bits per heavy atom. The van der Waals surface area contributed by atoms with Crippen LogP contribution in [0.5, 0.6) is 0 Å². The molecule has 2 atom stereocenters. The molecule has 132 valence electrons. The monoisotopic (exact) mass is 360 g/mol. The molecule has 0 bridgehead atoms. The van der Waals surface area contributed by atoms with Gasteiger partial charge in [-0.25, -0.2) is 0 Å². The quantitative estimate of drug-likeness (QED) is 0.898. The lowest BCUT2D eigenvalue weighted by Crippen LogP contribution is -2.67. The van der Waals surface area contributed by atoms with Gasteiger partial charge in [0.2, 0.25) is 0 Å². The predicted molar refractivity (Wildman–Crippen MR) is 86.1 cm³/mol. The van der Waals surface area contributed by atoms with Crippen LogP contribution >= 0.6 is 12.4 Å². The van der Waals surface area contributed by atoms with Gasteiger partial charge in [0, 0.05) is 31.1 Å². The molecule has 1 aromatic rings. The Labute approximate surface area is 145 Å². The summed E-state index contributed by atoms with van der Waals surface area (Å²) >= 11 is 0. The van der Waals surface area contributed by atoms with Gasteiger partial charge in [-0.15, -0.1) is 12.4 Å². The Hall–Kier alpha value is -1.27. The van der Waals surface area contributed by atoms with Crippen LogP contribution in [0.1, 0.15) is 30.7 Å². The fourth-order valence-corrected chi connectivity index (χ4v) is 4.18. The zero-order valence-corrected chi connectivity index (χ0v) is 13.9. The molecule has 4 rings (SSSR count). The summed E-state index contributed by atoms with van der Waals surface area (Å²) < 4.78 is 39.1. The summed E-state index contributed by atoms with van der Waals surface area (Å²) in [5.41, 5.74) is 1.17. The Kier molecular flexibility index (Phi) is 4.33. The first kappa shape index (κ1) is 17.5. The summed E-state index contributed by atoms with van der Waals surface area (Å²) in [5, 5.41) is 3.18. The van der Waals surface area contributed by atoms with Crippen LogP contribution in [0.15, 0.2) is 30.3 Å². The molecule has 1 heterocycles. The van der Waals surface area contributed by atoms with E-state index in [9.17, 15) is 18.0 Å². The van der Waals surface area contributed by atoms with E-state index in [1.54, 1.807) is 0 Å². The van der Waals surface area contributed by atoms with Crippen molar-refractivity contribution < 1.29 is 18.0 Å². The lowest BCUT2D eigenvalue weighted by atomic mass is 9.61. The number of nitrogens with one attached hydrogen (secondary N) is 1. The van der Waals surface area contributed by atoms with E-state index in [1.807, 2.05) is 30.3 Å². The molecule has 2 aliphatic carbocycles. The number of rotatable bonds is 3. The molecule has 0 aromatic heterocycles. The molecule has 2 unspecified atom stereocenters. The maximum Gasteiger partial charge on any atom is 0.471 e. The van der Waals surface area contributed by atoms with Crippen molar-refractivity contribution in [2.75, 3.05) is 13.1 Å². The topological polar surface area (TPSA) is 32.3 Å². The Bertz CT molecular complexity index is 610. The van der Waals surface area contributed by atoms with Gasteiger partial charge >= 0.3 is 12.1 Å². The van der Waals surface area contributed by atoms with E-state index in [2.05, 4.69) is 5.32 Å². The molecule has 24 heavy (non-hydrogen) atoms. The van der Waals surface area contributed by atoms with E-state index in [4.69, 9.17) is 0 Å². The highest BCUT2D eigenvalue weighted by molar-refractivity contribution is 5.85. The zero-order valence-electron chi connectivity index (χ0n) is 13.1. The van der Waals surface area contributed by atoms with E-state index < -0.39 is 12.1 Å². The summed E-state index contributed by atoms with van der Waals surface area (Å²) in [6.45, 7) is 1.73. The van der Waals surface area contributed by atoms with Gasteiger partial charge in [0.1, 0.15) is 0 Å². The average Bonchev–Trinajstić information content (AvgIpc) is 3.19. The maximum atomic E-state index is 13.0. The van der Waals surface area contributed by atoms with Crippen molar-refractivity contribution >= 4 is 18.3 Å². The molecular formula is C17H20ClF3N2O. The van der Waals surface area contributed by atoms with Crippen molar-refractivity contribution in [2.24, 2.45) is 5.41 Å². The van der Waals surface area contributed by atoms with Crippen LogP contribution in [0.2, 0.25) is 0 Å². The Morgan fingerprint density at radius 2 is 1.79 bits per heavy atom. The molecule has 1 aliphatic heterocycles. The molecule has 3 aliphatic rings. The lowest BCUT2D eigenvalue weighted by Gasteiger charge is -2.57. The minimum absolute atomic E-state index is 0. The number of alkyl halides is 3. The smallest absolute Gasteiger partial charge is 0.328 e. The second-order valence-corrected chi connectivity index (χ2v) is 7.20. The van der Waals surface area contributed by atoms with Gasteiger partial charge in [-0.2, -0.15) is 13.2 Å². The van der Waals surface area contributed by atoms with Crippen molar-refractivity contribution in [2.45, 2.75) is 43.4 Å². The molecule has 1 aromatic carbocycles. The first-order chi connectivity index (χ1) is 10.9. The fraction of sp³-hybridized carbons (Fsp3) is 0.588. The van der Waals surface area contributed by atoms with Gasteiger partial charge in [-0.05, 0) is 30.2 Å². The molecule has 3 fully saturated rings. The largest absolute Gasteiger partial charge is 0.471 e. The van der Waals surface area contributed by atoms with Crippen molar-refractivity contribution in [1.29, 1.82) is 0 Å². The highest BCUT2D eigenvalue weighted by Crippen LogP contribution is 2.53. The first-order valence-corrected chi connectivity index (χ1v) is 8.05. The molecule has 3 nitrogen and oxygen atoms in total. The van der Waals surface area contributed by atoms with Crippen molar-refractivity contribution in [1.82, 2.24) is 10.2 Å². The van der Waals surface area contributed by atoms with E-state index in [0.717, 1.165) is 23.6 Å². The van der Waals surface area contributed by atoms with Crippen LogP contribution in [0, 0.1) is 5.41 Å². The fourth-order valence-electron chi connectivity index (χ4n) is 4.18. The van der Waals surface area contributed by atoms with Crippen LogP contribution in [0.4, 0.5) is 13.2 Å². The zero-order chi connectivity index (χ0) is 16.2. The third-order valence-electron chi connectivity index (χ3n) is 5.55. The SMILES string of the molecule is Cl.O=C(N(C1CC2(CNC2)C1)C1CC1c1ccccc1)C(F)(F)F. The number of hydrogen-bond donors (Lipinski definition) is 1. The van der Waals surface area contributed by atoms with Crippen LogP contribution in [0.3, 0.4) is 0 Å². The van der Waals surface area contributed by atoms with Gasteiger partial charge in [-0.1, -0.05) is 30.3 Å². The highest BCUT2D eigenvalue weighted by Gasteiger charge is 2.59. The molecule has 1 amide bonds. The van der Waals surface area contributed by atoms with Crippen LogP contribution < -0.4 is 5.32 Å². The van der Waals surface area contributed by atoms with Gasteiger partial charge < -0.3 is 10.2 Å². The number of carbonyl (C=O) groups is 1. The number of nitrogens with zero attached hydrogens (tertiary/aromatic N) is 1. The van der Waals surface area contributed by atoms with Gasteiger partial charge in [0.05, 0.1) is 0 Å². The Balaban J connectivity index is 0.00000169. The lowest BCUT2D eigenvalue weighted by molar-refractivity contribution is -0.194. The highest BCUT2D eigenvalue weighted by atomic mass is 35.5. The van der Waals surface area contributed by atoms with E-state index >= 15 is 0 Å². The summed E-state index contributed by atoms with van der Waals surface area (Å²) in [7, 11) is 0. The molecule has 0 radical (unpaired) electrons. The van der Waals surface area contributed by atoms with Crippen molar-refractivity contribution in [3.63, 3.8) is 0 Å². The molecular weight excluding hydrogens is 341 g/mol. The minimum Gasteiger partial charge on any atom is -0.328 e. The number of benzene rings is 1. The molecule has 1 N–H and O–H groups in total. The second kappa shape index (κ2) is 5.92. The predicted octanol–water partition coefficient (Wildman–Crippen LogP) is 3.11. The summed E-state index contributed by atoms with van der Waals surface area (Å²) in [5.74, 6) is -1.62. The van der Waals surface area contributed by atoms with Crippen molar-refractivity contribution in [3.05, 3.63) is 35.9 Å². The normalized spacial score (nSPS) is 27.6.